The Morgan fingerprint density at radius 1 is 1.35 bits per heavy atom. The monoisotopic (exact) mass is 293 g/mol. The summed E-state index contributed by atoms with van der Waals surface area (Å²) in [4.78, 5) is 0. The smallest absolute Gasteiger partial charge is 0.0825 e. The molecule has 0 aliphatic rings. The second-order valence-electron chi connectivity index (χ2n) is 4.37. The van der Waals surface area contributed by atoms with E-state index in [-0.39, 0.29) is 6.04 Å². The van der Waals surface area contributed by atoms with Crippen molar-refractivity contribution in [2.24, 2.45) is 5.73 Å². The van der Waals surface area contributed by atoms with Gasteiger partial charge in [0.2, 0.25) is 0 Å². The van der Waals surface area contributed by atoms with Crippen LogP contribution in [0, 0.1) is 6.92 Å². The number of aromatic nitrogens is 2. The summed E-state index contributed by atoms with van der Waals surface area (Å²) in [5.41, 5.74) is 9.32. The molecule has 1 aromatic heterocycles. The van der Waals surface area contributed by atoms with Gasteiger partial charge in [0.15, 0.2) is 0 Å². The van der Waals surface area contributed by atoms with Gasteiger partial charge in [-0.15, -0.1) is 0 Å². The molecule has 0 amide bonds. The third-order valence-corrected chi connectivity index (χ3v) is 3.16. The highest BCUT2D eigenvalue weighted by molar-refractivity contribution is 9.10. The Hall–Kier alpha value is -1.13. The van der Waals surface area contributed by atoms with Crippen molar-refractivity contribution in [2.45, 2.75) is 26.4 Å². The lowest BCUT2D eigenvalue weighted by Crippen LogP contribution is -2.23. The Kier molecular flexibility index (Phi) is 3.64. The topological polar surface area (TPSA) is 43.8 Å². The van der Waals surface area contributed by atoms with E-state index in [1.54, 1.807) is 0 Å². The molecule has 0 aliphatic carbocycles. The predicted molar refractivity (Wildman–Crippen MR) is 73.7 cm³/mol. The standard InChI is InChI=1S/C13H16BrN3/c1-9-3-5-11(6-4-9)13-12(14)7-16-17(13)8-10(2)15/h3-7,10H,8,15H2,1-2H3. The first-order valence-electron chi connectivity index (χ1n) is 5.62. The van der Waals surface area contributed by atoms with Gasteiger partial charge in [-0.1, -0.05) is 29.8 Å². The first-order chi connectivity index (χ1) is 8.08. The largest absolute Gasteiger partial charge is 0.326 e. The highest BCUT2D eigenvalue weighted by Crippen LogP contribution is 2.28. The second-order valence-corrected chi connectivity index (χ2v) is 5.22. The predicted octanol–water partition coefficient (Wildman–Crippen LogP) is 2.97. The van der Waals surface area contributed by atoms with Crippen molar-refractivity contribution >= 4 is 15.9 Å². The fourth-order valence-electron chi connectivity index (χ4n) is 1.77. The summed E-state index contributed by atoms with van der Waals surface area (Å²) >= 11 is 3.54. The fourth-order valence-corrected chi connectivity index (χ4v) is 2.30. The van der Waals surface area contributed by atoms with Crippen LogP contribution in [0.4, 0.5) is 0 Å². The van der Waals surface area contributed by atoms with E-state index in [0.717, 1.165) is 22.3 Å². The molecule has 0 radical (unpaired) electrons. The van der Waals surface area contributed by atoms with Gasteiger partial charge in [0.25, 0.3) is 0 Å². The Labute approximate surface area is 110 Å². The summed E-state index contributed by atoms with van der Waals surface area (Å²) in [6.07, 6.45) is 1.82. The maximum atomic E-state index is 5.83. The van der Waals surface area contributed by atoms with Crippen LogP contribution in [0.5, 0.6) is 0 Å². The van der Waals surface area contributed by atoms with Crippen LogP contribution in [0.1, 0.15) is 12.5 Å². The number of hydrogen-bond donors (Lipinski definition) is 1. The molecule has 0 bridgehead atoms. The third kappa shape index (κ3) is 2.76. The summed E-state index contributed by atoms with van der Waals surface area (Å²) < 4.78 is 2.95. The molecule has 3 nitrogen and oxygen atoms in total. The molecule has 1 aromatic carbocycles. The minimum absolute atomic E-state index is 0.0889. The molecule has 4 heteroatoms. The number of aryl methyl sites for hydroxylation is 1. The van der Waals surface area contributed by atoms with Crippen molar-refractivity contribution in [1.82, 2.24) is 9.78 Å². The Bertz CT molecular complexity index is 500. The van der Waals surface area contributed by atoms with Gasteiger partial charge in [-0.25, -0.2) is 0 Å². The molecule has 0 spiro atoms. The summed E-state index contributed by atoms with van der Waals surface area (Å²) in [5.74, 6) is 0. The molecular weight excluding hydrogens is 278 g/mol. The van der Waals surface area contributed by atoms with Crippen LogP contribution in [0.3, 0.4) is 0 Å². The van der Waals surface area contributed by atoms with Crippen LogP contribution < -0.4 is 5.73 Å². The lowest BCUT2D eigenvalue weighted by molar-refractivity contribution is 0.543. The second kappa shape index (κ2) is 5.02. The highest BCUT2D eigenvalue weighted by Gasteiger charge is 2.11. The molecular formula is C13H16BrN3. The van der Waals surface area contributed by atoms with E-state index < -0.39 is 0 Å². The Morgan fingerprint density at radius 2 is 2.00 bits per heavy atom. The average molecular weight is 294 g/mol. The average Bonchev–Trinajstić information content (AvgIpc) is 2.61. The van der Waals surface area contributed by atoms with Crippen LogP contribution in [0.15, 0.2) is 34.9 Å². The highest BCUT2D eigenvalue weighted by atomic mass is 79.9. The zero-order valence-corrected chi connectivity index (χ0v) is 11.6. The number of halogens is 1. The van der Waals surface area contributed by atoms with Crippen molar-refractivity contribution in [3.63, 3.8) is 0 Å². The first-order valence-corrected chi connectivity index (χ1v) is 6.41. The van der Waals surface area contributed by atoms with E-state index in [9.17, 15) is 0 Å². The van der Waals surface area contributed by atoms with Gasteiger partial charge in [0.05, 0.1) is 22.9 Å². The van der Waals surface area contributed by atoms with E-state index in [2.05, 4.69) is 52.2 Å². The van der Waals surface area contributed by atoms with Gasteiger partial charge in [-0.3, -0.25) is 4.68 Å². The summed E-state index contributed by atoms with van der Waals surface area (Å²) in [5, 5.41) is 4.34. The molecule has 1 unspecified atom stereocenters. The van der Waals surface area contributed by atoms with E-state index in [4.69, 9.17) is 5.73 Å². The van der Waals surface area contributed by atoms with Gasteiger partial charge in [0, 0.05) is 11.6 Å². The van der Waals surface area contributed by atoms with E-state index in [0.29, 0.717) is 0 Å². The Balaban J connectivity index is 2.43. The van der Waals surface area contributed by atoms with Crippen LogP contribution in [0.2, 0.25) is 0 Å². The fraction of sp³-hybridized carbons (Fsp3) is 0.308. The summed E-state index contributed by atoms with van der Waals surface area (Å²) in [6.45, 7) is 4.78. The summed E-state index contributed by atoms with van der Waals surface area (Å²) in [6, 6.07) is 8.51. The van der Waals surface area contributed by atoms with Gasteiger partial charge in [0.1, 0.15) is 0 Å². The molecule has 2 aromatic rings. The SMILES string of the molecule is Cc1ccc(-c2c(Br)cnn2CC(C)N)cc1. The molecule has 90 valence electrons. The number of rotatable bonds is 3. The van der Waals surface area contributed by atoms with E-state index in [1.165, 1.54) is 5.56 Å². The zero-order chi connectivity index (χ0) is 12.4. The molecule has 17 heavy (non-hydrogen) atoms. The first kappa shape index (κ1) is 12.3. The van der Waals surface area contributed by atoms with Crippen LogP contribution >= 0.6 is 15.9 Å². The summed E-state index contributed by atoms with van der Waals surface area (Å²) in [7, 11) is 0. The van der Waals surface area contributed by atoms with Crippen molar-refractivity contribution in [1.29, 1.82) is 0 Å². The molecule has 2 N–H and O–H groups in total. The normalized spacial score (nSPS) is 12.7. The molecule has 0 fully saturated rings. The lowest BCUT2D eigenvalue weighted by Gasteiger charge is -2.10. The van der Waals surface area contributed by atoms with Crippen molar-refractivity contribution in [2.75, 3.05) is 0 Å². The van der Waals surface area contributed by atoms with Crippen LogP contribution in [-0.2, 0) is 6.54 Å². The quantitative estimate of drug-likeness (QED) is 0.945. The van der Waals surface area contributed by atoms with Gasteiger partial charge in [-0.05, 0) is 29.8 Å². The molecule has 0 saturated carbocycles. The van der Waals surface area contributed by atoms with Crippen LogP contribution in [-0.4, -0.2) is 15.8 Å². The number of hydrogen-bond acceptors (Lipinski definition) is 2. The zero-order valence-electron chi connectivity index (χ0n) is 10.0. The Morgan fingerprint density at radius 3 is 2.59 bits per heavy atom. The number of benzene rings is 1. The molecule has 0 aliphatic heterocycles. The van der Waals surface area contributed by atoms with Gasteiger partial charge in [-0.2, -0.15) is 5.10 Å². The molecule has 1 atom stereocenters. The molecule has 1 heterocycles. The van der Waals surface area contributed by atoms with Crippen molar-refractivity contribution in [3.05, 3.63) is 40.5 Å². The van der Waals surface area contributed by atoms with Crippen LogP contribution in [0.25, 0.3) is 11.3 Å². The molecule has 2 rings (SSSR count). The van der Waals surface area contributed by atoms with E-state index in [1.807, 2.05) is 17.8 Å². The van der Waals surface area contributed by atoms with Crippen molar-refractivity contribution < 1.29 is 0 Å². The third-order valence-electron chi connectivity index (χ3n) is 2.58. The minimum Gasteiger partial charge on any atom is -0.326 e. The van der Waals surface area contributed by atoms with Crippen molar-refractivity contribution in [3.8, 4) is 11.3 Å². The maximum Gasteiger partial charge on any atom is 0.0825 e. The number of nitrogens with zero attached hydrogens (tertiary/aromatic N) is 2. The van der Waals surface area contributed by atoms with Gasteiger partial charge >= 0.3 is 0 Å². The molecule has 0 saturated heterocycles. The number of nitrogens with two attached hydrogens (primary N) is 1. The van der Waals surface area contributed by atoms with E-state index >= 15 is 0 Å². The minimum atomic E-state index is 0.0889. The lowest BCUT2D eigenvalue weighted by atomic mass is 10.1. The van der Waals surface area contributed by atoms with Gasteiger partial charge < -0.3 is 5.73 Å². The maximum absolute atomic E-state index is 5.83.